The molecule has 0 aromatic heterocycles. The number of hydrogen-bond donors (Lipinski definition) is 0. The van der Waals surface area contributed by atoms with E-state index >= 15 is 0 Å². The molecule has 98 valence electrons. The number of nitro benzene ring substituents is 1. The molecule has 0 aliphatic rings. The Morgan fingerprint density at radius 3 is 2.47 bits per heavy atom. The van der Waals surface area contributed by atoms with E-state index in [4.69, 9.17) is 16.3 Å². The topological polar surface area (TPSA) is 52.4 Å². The molecule has 19 heavy (non-hydrogen) atoms. The summed E-state index contributed by atoms with van der Waals surface area (Å²) in [4.78, 5) is 12.0. The van der Waals surface area contributed by atoms with E-state index in [1.807, 2.05) is 24.3 Å². The van der Waals surface area contributed by atoms with Crippen molar-refractivity contribution in [3.8, 4) is 5.75 Å². The second-order valence-electron chi connectivity index (χ2n) is 3.65. The minimum Gasteiger partial charge on any atom is -0.497 e. The van der Waals surface area contributed by atoms with Crippen LogP contribution < -0.4 is 4.74 Å². The van der Waals surface area contributed by atoms with Gasteiger partial charge in [-0.05, 0) is 36.4 Å². The lowest BCUT2D eigenvalue weighted by Crippen LogP contribution is -1.90. The highest BCUT2D eigenvalue weighted by Crippen LogP contribution is 2.36. The van der Waals surface area contributed by atoms with Crippen LogP contribution in [-0.2, 0) is 0 Å². The number of ether oxygens (including phenoxy) is 1. The Morgan fingerprint density at radius 2 is 1.89 bits per heavy atom. The largest absolute Gasteiger partial charge is 0.497 e. The Balaban J connectivity index is 2.29. The van der Waals surface area contributed by atoms with Gasteiger partial charge in [-0.15, -0.1) is 0 Å². The van der Waals surface area contributed by atoms with Crippen LogP contribution in [0.25, 0.3) is 0 Å². The summed E-state index contributed by atoms with van der Waals surface area (Å²) in [7, 11) is 1.59. The summed E-state index contributed by atoms with van der Waals surface area (Å²) in [5, 5.41) is 11.3. The predicted octanol–water partition coefficient (Wildman–Crippen LogP) is 4.41. The molecule has 0 unspecified atom stereocenters. The molecule has 0 spiro atoms. The smallest absolute Gasteiger partial charge is 0.284 e. The van der Waals surface area contributed by atoms with Gasteiger partial charge in [0, 0.05) is 16.0 Å². The molecule has 0 bridgehead atoms. The van der Waals surface area contributed by atoms with Crippen molar-refractivity contribution in [3.05, 3.63) is 57.6 Å². The zero-order valence-electron chi connectivity index (χ0n) is 10.00. The van der Waals surface area contributed by atoms with E-state index < -0.39 is 4.92 Å². The molecule has 6 heteroatoms. The van der Waals surface area contributed by atoms with Crippen LogP contribution in [0.4, 0.5) is 5.69 Å². The summed E-state index contributed by atoms with van der Waals surface area (Å²) in [6.45, 7) is 0. The summed E-state index contributed by atoms with van der Waals surface area (Å²) in [6, 6.07) is 12.0. The lowest BCUT2D eigenvalue weighted by Gasteiger charge is -2.04. The van der Waals surface area contributed by atoms with Gasteiger partial charge >= 0.3 is 0 Å². The third kappa shape index (κ3) is 3.39. The third-order valence-electron chi connectivity index (χ3n) is 2.40. The van der Waals surface area contributed by atoms with E-state index in [2.05, 4.69) is 0 Å². The molecule has 0 aliphatic carbocycles. The molecule has 0 N–H and O–H groups in total. The van der Waals surface area contributed by atoms with Gasteiger partial charge in [0.1, 0.15) is 5.75 Å². The summed E-state index contributed by atoms with van der Waals surface area (Å²) >= 11 is 7.09. The SMILES string of the molecule is COc1ccc(Sc2ccc(Cl)cc2[N+](=O)[O-])cc1. The van der Waals surface area contributed by atoms with Crippen LogP contribution in [0.5, 0.6) is 5.75 Å². The first-order valence-corrected chi connectivity index (χ1v) is 6.55. The maximum Gasteiger partial charge on any atom is 0.284 e. The van der Waals surface area contributed by atoms with E-state index in [9.17, 15) is 10.1 Å². The molecular formula is C13H10ClNO3S. The Bertz CT molecular complexity index is 601. The third-order valence-corrected chi connectivity index (χ3v) is 3.71. The van der Waals surface area contributed by atoms with Crippen LogP contribution in [0.3, 0.4) is 0 Å². The monoisotopic (exact) mass is 295 g/mol. The van der Waals surface area contributed by atoms with Gasteiger partial charge in [-0.2, -0.15) is 0 Å². The number of halogens is 1. The van der Waals surface area contributed by atoms with E-state index in [0.717, 1.165) is 10.6 Å². The normalized spacial score (nSPS) is 10.2. The predicted molar refractivity (Wildman–Crippen MR) is 75.2 cm³/mol. The molecule has 0 radical (unpaired) electrons. The van der Waals surface area contributed by atoms with Crippen molar-refractivity contribution < 1.29 is 9.66 Å². The zero-order chi connectivity index (χ0) is 13.8. The fourth-order valence-electron chi connectivity index (χ4n) is 1.49. The average molecular weight is 296 g/mol. The molecule has 4 nitrogen and oxygen atoms in total. The molecule has 2 rings (SSSR count). The van der Waals surface area contributed by atoms with Gasteiger partial charge in [0.15, 0.2) is 0 Å². The van der Waals surface area contributed by atoms with Crippen LogP contribution in [0.15, 0.2) is 52.3 Å². The summed E-state index contributed by atoms with van der Waals surface area (Å²) < 4.78 is 5.06. The van der Waals surface area contributed by atoms with Crippen molar-refractivity contribution in [2.75, 3.05) is 7.11 Å². The van der Waals surface area contributed by atoms with Gasteiger partial charge in [-0.1, -0.05) is 23.4 Å². The van der Waals surface area contributed by atoms with Crippen LogP contribution >= 0.6 is 23.4 Å². The van der Waals surface area contributed by atoms with Crippen molar-refractivity contribution in [1.82, 2.24) is 0 Å². The van der Waals surface area contributed by atoms with Gasteiger partial charge in [-0.3, -0.25) is 10.1 Å². The first-order chi connectivity index (χ1) is 9.10. The molecule has 0 atom stereocenters. The summed E-state index contributed by atoms with van der Waals surface area (Å²) in [6.07, 6.45) is 0. The molecular weight excluding hydrogens is 286 g/mol. The quantitative estimate of drug-likeness (QED) is 0.619. The van der Waals surface area contributed by atoms with Crippen molar-refractivity contribution in [2.24, 2.45) is 0 Å². The zero-order valence-corrected chi connectivity index (χ0v) is 11.6. The number of methoxy groups -OCH3 is 1. The minimum atomic E-state index is -0.433. The Kier molecular flexibility index (Phi) is 4.29. The summed E-state index contributed by atoms with van der Waals surface area (Å²) in [5.74, 6) is 0.745. The fraction of sp³-hybridized carbons (Fsp3) is 0.0769. The second-order valence-corrected chi connectivity index (χ2v) is 5.20. The Hall–Kier alpha value is -1.72. The molecule has 0 fully saturated rings. The lowest BCUT2D eigenvalue weighted by molar-refractivity contribution is -0.387. The van der Waals surface area contributed by atoms with Crippen LogP contribution in [0, 0.1) is 10.1 Å². The molecule has 2 aromatic carbocycles. The molecule has 0 amide bonds. The van der Waals surface area contributed by atoms with E-state index in [1.165, 1.54) is 17.8 Å². The highest BCUT2D eigenvalue weighted by atomic mass is 35.5. The maximum atomic E-state index is 11.0. The molecule has 0 saturated carbocycles. The lowest BCUT2D eigenvalue weighted by atomic mass is 10.3. The van der Waals surface area contributed by atoms with Gasteiger partial charge in [0.2, 0.25) is 0 Å². The van der Waals surface area contributed by atoms with Crippen LogP contribution in [-0.4, -0.2) is 12.0 Å². The van der Waals surface area contributed by atoms with Gasteiger partial charge in [-0.25, -0.2) is 0 Å². The van der Waals surface area contributed by atoms with Crippen LogP contribution in [0.2, 0.25) is 5.02 Å². The fourth-order valence-corrected chi connectivity index (χ4v) is 2.56. The molecule has 2 aromatic rings. The van der Waals surface area contributed by atoms with E-state index in [1.54, 1.807) is 19.2 Å². The van der Waals surface area contributed by atoms with Crippen molar-refractivity contribution >= 4 is 29.1 Å². The second kappa shape index (κ2) is 5.95. The van der Waals surface area contributed by atoms with Gasteiger partial charge in [0.25, 0.3) is 5.69 Å². The highest BCUT2D eigenvalue weighted by molar-refractivity contribution is 7.99. The minimum absolute atomic E-state index is 0.00770. The van der Waals surface area contributed by atoms with Gasteiger partial charge in [0.05, 0.1) is 16.9 Å². The number of hydrogen-bond acceptors (Lipinski definition) is 4. The molecule has 0 saturated heterocycles. The average Bonchev–Trinajstić information content (AvgIpc) is 2.41. The van der Waals surface area contributed by atoms with Gasteiger partial charge < -0.3 is 4.74 Å². The number of nitro groups is 1. The number of rotatable bonds is 4. The molecule has 0 heterocycles. The molecule has 0 aliphatic heterocycles. The first-order valence-electron chi connectivity index (χ1n) is 5.36. The summed E-state index contributed by atoms with van der Waals surface area (Å²) in [5.41, 5.74) is 0.00770. The van der Waals surface area contributed by atoms with E-state index in [-0.39, 0.29) is 5.69 Å². The van der Waals surface area contributed by atoms with Crippen molar-refractivity contribution in [3.63, 3.8) is 0 Å². The standard InChI is InChI=1S/C13H10ClNO3S/c1-18-10-3-5-11(6-4-10)19-13-7-2-9(14)8-12(13)15(16)17/h2-8H,1H3. The Morgan fingerprint density at radius 1 is 1.21 bits per heavy atom. The first kappa shape index (κ1) is 13.7. The van der Waals surface area contributed by atoms with E-state index in [0.29, 0.717) is 9.92 Å². The van der Waals surface area contributed by atoms with Crippen molar-refractivity contribution in [2.45, 2.75) is 9.79 Å². The number of benzene rings is 2. The highest BCUT2D eigenvalue weighted by Gasteiger charge is 2.15. The van der Waals surface area contributed by atoms with Crippen LogP contribution in [0.1, 0.15) is 0 Å². The Labute approximate surface area is 119 Å². The number of nitrogens with zero attached hydrogens (tertiary/aromatic N) is 1. The maximum absolute atomic E-state index is 11.0. The van der Waals surface area contributed by atoms with Crippen molar-refractivity contribution in [1.29, 1.82) is 0 Å².